The van der Waals surface area contributed by atoms with E-state index in [4.69, 9.17) is 23.2 Å². The van der Waals surface area contributed by atoms with Crippen LogP contribution in [0.15, 0.2) is 42.6 Å². The number of fused-ring (bicyclic) bond motifs is 1. The number of nitrogens with zero attached hydrogens (tertiary/aromatic N) is 2. The molecule has 0 radical (unpaired) electrons. The van der Waals surface area contributed by atoms with Gasteiger partial charge in [0.2, 0.25) is 0 Å². The lowest BCUT2D eigenvalue weighted by Crippen LogP contribution is -2.02. The maximum atomic E-state index is 6.23. The van der Waals surface area contributed by atoms with Crippen molar-refractivity contribution in [1.29, 1.82) is 0 Å². The van der Waals surface area contributed by atoms with E-state index in [1.807, 2.05) is 24.3 Å². The molecule has 0 N–H and O–H groups in total. The smallest absolute Gasteiger partial charge is 0.142 e. The minimum absolute atomic E-state index is 0.488. The van der Waals surface area contributed by atoms with Crippen LogP contribution in [0.4, 0.5) is 0 Å². The molecule has 3 rings (SSSR count). The lowest BCUT2D eigenvalue weighted by Gasteiger charge is -2.07. The molecule has 2 heterocycles. The minimum atomic E-state index is 0.488. The molecule has 0 fully saturated rings. The van der Waals surface area contributed by atoms with Gasteiger partial charge in [-0.25, -0.2) is 4.98 Å². The van der Waals surface area contributed by atoms with Crippen LogP contribution in [0.1, 0.15) is 5.56 Å². The molecule has 19 heavy (non-hydrogen) atoms. The van der Waals surface area contributed by atoms with Gasteiger partial charge in [0.25, 0.3) is 0 Å². The molecule has 96 valence electrons. The molecule has 0 aliphatic rings. The lowest BCUT2D eigenvalue weighted by molar-refractivity contribution is 0.804. The Balaban J connectivity index is 2.14. The van der Waals surface area contributed by atoms with E-state index in [-0.39, 0.29) is 0 Å². The average molecular weight is 403 g/mol. The number of aromatic nitrogens is 2. The topological polar surface area (TPSA) is 17.8 Å². The summed E-state index contributed by atoms with van der Waals surface area (Å²) in [5, 5.41) is 1.95. The standard InChI is InChI=1S/C14H9Cl2IN2/c15-11-7-18-14-10(13(11)16)6-12(17)19(14)8-9-4-2-1-3-5-9/h1-7H,8H2. The largest absolute Gasteiger partial charge is 0.316 e. The predicted molar refractivity (Wildman–Crippen MR) is 88.0 cm³/mol. The Morgan fingerprint density at radius 3 is 2.63 bits per heavy atom. The zero-order valence-corrected chi connectivity index (χ0v) is 13.4. The molecule has 2 nitrogen and oxygen atoms in total. The van der Waals surface area contributed by atoms with Crippen molar-refractivity contribution in [2.45, 2.75) is 6.54 Å². The van der Waals surface area contributed by atoms with E-state index in [2.05, 4.69) is 44.3 Å². The van der Waals surface area contributed by atoms with Crippen LogP contribution in [-0.4, -0.2) is 9.55 Å². The summed E-state index contributed by atoms with van der Waals surface area (Å²) in [4.78, 5) is 4.40. The zero-order valence-electron chi connectivity index (χ0n) is 9.78. The van der Waals surface area contributed by atoms with Crippen molar-refractivity contribution in [2.75, 3.05) is 0 Å². The van der Waals surface area contributed by atoms with Crippen molar-refractivity contribution in [3.63, 3.8) is 0 Å². The molecular weight excluding hydrogens is 394 g/mol. The molecule has 1 aromatic carbocycles. The highest BCUT2D eigenvalue weighted by atomic mass is 127. The average Bonchev–Trinajstić information content (AvgIpc) is 2.73. The van der Waals surface area contributed by atoms with Gasteiger partial charge < -0.3 is 4.57 Å². The fourth-order valence-corrected chi connectivity index (χ4v) is 3.08. The fraction of sp³-hybridized carbons (Fsp3) is 0.0714. The maximum Gasteiger partial charge on any atom is 0.142 e. The van der Waals surface area contributed by atoms with Crippen LogP contribution in [0, 0.1) is 3.70 Å². The first-order valence-corrected chi connectivity index (χ1v) is 7.53. The van der Waals surface area contributed by atoms with Gasteiger partial charge >= 0.3 is 0 Å². The highest BCUT2D eigenvalue weighted by molar-refractivity contribution is 14.1. The van der Waals surface area contributed by atoms with E-state index in [0.717, 1.165) is 21.3 Å². The van der Waals surface area contributed by atoms with E-state index < -0.39 is 0 Å². The van der Waals surface area contributed by atoms with Crippen LogP contribution in [0.2, 0.25) is 10.0 Å². The third-order valence-electron chi connectivity index (χ3n) is 2.95. The second-order valence-corrected chi connectivity index (χ2v) is 6.09. The van der Waals surface area contributed by atoms with Crippen LogP contribution in [0.3, 0.4) is 0 Å². The number of hydrogen-bond acceptors (Lipinski definition) is 1. The quantitative estimate of drug-likeness (QED) is 0.551. The number of halogens is 3. The number of pyridine rings is 1. The predicted octanol–water partition coefficient (Wildman–Crippen LogP) is 5.00. The maximum absolute atomic E-state index is 6.23. The first kappa shape index (κ1) is 13.2. The van der Waals surface area contributed by atoms with Gasteiger partial charge in [0.1, 0.15) is 5.65 Å². The Morgan fingerprint density at radius 2 is 1.89 bits per heavy atom. The van der Waals surface area contributed by atoms with Gasteiger partial charge in [0.15, 0.2) is 0 Å². The molecule has 0 aliphatic carbocycles. The van der Waals surface area contributed by atoms with Crippen LogP contribution in [0.25, 0.3) is 11.0 Å². The Morgan fingerprint density at radius 1 is 1.16 bits per heavy atom. The van der Waals surface area contributed by atoms with Gasteiger partial charge in [-0.05, 0) is 34.2 Å². The lowest BCUT2D eigenvalue weighted by atomic mass is 10.2. The monoisotopic (exact) mass is 402 g/mol. The van der Waals surface area contributed by atoms with Crippen LogP contribution < -0.4 is 0 Å². The summed E-state index contributed by atoms with van der Waals surface area (Å²) >= 11 is 14.5. The van der Waals surface area contributed by atoms with Gasteiger partial charge in [0.05, 0.1) is 20.3 Å². The third kappa shape index (κ3) is 2.47. The Kier molecular flexibility index (Phi) is 3.69. The molecule has 3 aromatic rings. The highest BCUT2D eigenvalue weighted by Crippen LogP contribution is 2.32. The molecule has 0 amide bonds. The van der Waals surface area contributed by atoms with Crippen LogP contribution >= 0.6 is 45.8 Å². The van der Waals surface area contributed by atoms with Gasteiger partial charge in [0, 0.05) is 11.6 Å². The molecule has 5 heteroatoms. The minimum Gasteiger partial charge on any atom is -0.316 e. The summed E-state index contributed by atoms with van der Waals surface area (Å²) in [5.41, 5.74) is 2.09. The second-order valence-electron chi connectivity index (χ2n) is 4.20. The molecule has 0 saturated heterocycles. The number of benzene rings is 1. The van der Waals surface area contributed by atoms with Crippen molar-refractivity contribution >= 4 is 56.8 Å². The summed E-state index contributed by atoms with van der Waals surface area (Å²) < 4.78 is 3.22. The Hall–Kier alpha value is -0.780. The SMILES string of the molecule is Clc1cnc2c(cc(I)n2Cc2ccccc2)c1Cl. The van der Waals surface area contributed by atoms with Gasteiger partial charge in [-0.2, -0.15) is 0 Å². The van der Waals surface area contributed by atoms with E-state index in [1.54, 1.807) is 6.20 Å². The summed E-state index contributed by atoms with van der Waals surface area (Å²) in [6.45, 7) is 0.771. The first-order chi connectivity index (χ1) is 9.16. The van der Waals surface area contributed by atoms with Crippen molar-refractivity contribution in [2.24, 2.45) is 0 Å². The Bertz CT molecular complexity index is 738. The highest BCUT2D eigenvalue weighted by Gasteiger charge is 2.13. The van der Waals surface area contributed by atoms with Gasteiger partial charge in [-0.15, -0.1) is 0 Å². The molecule has 2 aromatic heterocycles. The van der Waals surface area contributed by atoms with E-state index in [0.29, 0.717) is 10.0 Å². The summed E-state index contributed by atoms with van der Waals surface area (Å²) in [6.07, 6.45) is 1.60. The molecule has 0 unspecified atom stereocenters. The zero-order chi connectivity index (χ0) is 13.4. The normalized spacial score (nSPS) is 11.1. The molecule has 0 saturated carbocycles. The molecule has 0 spiro atoms. The first-order valence-electron chi connectivity index (χ1n) is 5.69. The summed E-state index contributed by atoms with van der Waals surface area (Å²) in [6, 6.07) is 12.3. The van der Waals surface area contributed by atoms with Crippen LogP contribution in [-0.2, 0) is 6.54 Å². The fourth-order valence-electron chi connectivity index (χ4n) is 2.03. The van der Waals surface area contributed by atoms with Gasteiger partial charge in [-0.1, -0.05) is 53.5 Å². The van der Waals surface area contributed by atoms with Crippen LogP contribution in [0.5, 0.6) is 0 Å². The molecule has 0 atom stereocenters. The van der Waals surface area contributed by atoms with Crippen molar-refractivity contribution in [3.8, 4) is 0 Å². The third-order valence-corrected chi connectivity index (χ3v) is 4.63. The summed E-state index contributed by atoms with van der Waals surface area (Å²) in [5.74, 6) is 0. The van der Waals surface area contributed by atoms with E-state index in [1.165, 1.54) is 5.56 Å². The van der Waals surface area contributed by atoms with Crippen molar-refractivity contribution in [3.05, 3.63) is 61.9 Å². The van der Waals surface area contributed by atoms with E-state index in [9.17, 15) is 0 Å². The molecular formula is C14H9Cl2IN2. The molecule has 0 bridgehead atoms. The van der Waals surface area contributed by atoms with Gasteiger partial charge in [-0.3, -0.25) is 0 Å². The molecule has 0 aliphatic heterocycles. The number of rotatable bonds is 2. The number of hydrogen-bond donors (Lipinski definition) is 0. The second kappa shape index (κ2) is 5.31. The van der Waals surface area contributed by atoms with E-state index >= 15 is 0 Å². The van der Waals surface area contributed by atoms with Crippen molar-refractivity contribution < 1.29 is 0 Å². The van der Waals surface area contributed by atoms with Crippen molar-refractivity contribution in [1.82, 2.24) is 9.55 Å². The summed E-state index contributed by atoms with van der Waals surface area (Å²) in [7, 11) is 0. The Labute approximate surface area is 134 Å².